The van der Waals surface area contributed by atoms with Crippen LogP contribution in [0.5, 0.6) is 0 Å². The molecule has 5 nitrogen and oxygen atoms in total. The molecule has 0 fully saturated rings. The minimum absolute atomic E-state index is 0.139. The Morgan fingerprint density at radius 2 is 2.00 bits per heavy atom. The fraction of sp³-hybridized carbons (Fsp3) is 0.857. The number of nitrogens with one attached hydrogen (secondary N) is 2. The van der Waals surface area contributed by atoms with Crippen LogP contribution < -0.4 is 10.6 Å². The van der Waals surface area contributed by atoms with E-state index in [1.807, 2.05) is 11.8 Å². The average Bonchev–Trinajstić information content (AvgIpc) is 2.46. The molecule has 2 N–H and O–H groups in total. The van der Waals surface area contributed by atoms with Crippen molar-refractivity contribution in [3.63, 3.8) is 0 Å². The molecule has 118 valence electrons. The summed E-state index contributed by atoms with van der Waals surface area (Å²) in [5, 5.41) is 6.51. The lowest BCUT2D eigenvalue weighted by Gasteiger charge is -2.11. The van der Waals surface area contributed by atoms with Gasteiger partial charge in [0.2, 0.25) is 0 Å². The molecule has 0 radical (unpaired) electrons. The molecule has 0 heterocycles. The van der Waals surface area contributed by atoms with Crippen LogP contribution in [0.1, 0.15) is 39.0 Å². The second kappa shape index (κ2) is 14.5. The molecule has 6 heteroatoms. The van der Waals surface area contributed by atoms with Gasteiger partial charge in [0.25, 0.3) is 0 Å². The lowest BCUT2D eigenvalue weighted by atomic mass is 10.2. The van der Waals surface area contributed by atoms with Gasteiger partial charge >= 0.3 is 5.97 Å². The van der Waals surface area contributed by atoms with Crippen molar-refractivity contribution in [2.24, 2.45) is 4.99 Å². The highest BCUT2D eigenvalue weighted by molar-refractivity contribution is 7.98. The number of nitrogens with zero attached hydrogens (tertiary/aromatic N) is 1. The first-order valence-electron chi connectivity index (χ1n) is 7.32. The summed E-state index contributed by atoms with van der Waals surface area (Å²) in [4.78, 5) is 15.5. The first-order chi connectivity index (χ1) is 9.74. The Kier molecular flexibility index (Phi) is 13.8. The summed E-state index contributed by atoms with van der Waals surface area (Å²) >= 11 is 1.88. The van der Waals surface area contributed by atoms with Crippen molar-refractivity contribution in [2.75, 3.05) is 38.8 Å². The Balaban J connectivity index is 3.72. The summed E-state index contributed by atoms with van der Waals surface area (Å²) in [7, 11) is 1.42. The van der Waals surface area contributed by atoms with Gasteiger partial charge in [-0.2, -0.15) is 11.8 Å². The van der Waals surface area contributed by atoms with Gasteiger partial charge in [0.05, 0.1) is 7.11 Å². The van der Waals surface area contributed by atoms with Crippen LogP contribution in [0, 0.1) is 0 Å². The fourth-order valence-electron chi connectivity index (χ4n) is 1.59. The monoisotopic (exact) mass is 303 g/mol. The van der Waals surface area contributed by atoms with Crippen LogP contribution in [0.3, 0.4) is 0 Å². The maximum atomic E-state index is 11.0. The number of hydrogen-bond donors (Lipinski definition) is 2. The Bertz CT molecular complexity index is 273. The molecule has 0 rings (SSSR count). The molecular formula is C14H29N3O2S. The number of esters is 1. The molecule has 0 aliphatic rings. The standard InChI is InChI=1S/C14H29N3O2S/c1-4-15-14(17-11-7-8-12-20-3)16-10-6-5-9-13(18)19-2/h4-12H2,1-3H3,(H2,15,16,17). The number of unbranched alkanes of at least 4 members (excludes halogenated alkanes) is 2. The van der Waals surface area contributed by atoms with Gasteiger partial charge in [0.15, 0.2) is 5.96 Å². The maximum Gasteiger partial charge on any atom is 0.305 e. The number of thioether (sulfide) groups is 1. The molecule has 0 aromatic heterocycles. The second-order valence-electron chi connectivity index (χ2n) is 4.42. The molecule has 0 saturated heterocycles. The summed E-state index contributed by atoms with van der Waals surface area (Å²) in [6, 6.07) is 0. The number of rotatable bonds is 11. The third-order valence-corrected chi connectivity index (χ3v) is 3.40. The molecule has 0 amide bonds. The van der Waals surface area contributed by atoms with Gasteiger partial charge in [0.1, 0.15) is 0 Å². The van der Waals surface area contributed by atoms with Crippen LogP contribution in [0.15, 0.2) is 4.99 Å². The molecule has 0 aliphatic heterocycles. The molecule has 0 unspecified atom stereocenters. The lowest BCUT2D eigenvalue weighted by molar-refractivity contribution is -0.140. The summed E-state index contributed by atoms with van der Waals surface area (Å²) in [6.07, 6.45) is 6.73. The van der Waals surface area contributed by atoms with Crippen LogP contribution in [0.2, 0.25) is 0 Å². The number of ether oxygens (including phenoxy) is 1. The topological polar surface area (TPSA) is 62.7 Å². The molecule has 0 spiro atoms. The molecule has 0 bridgehead atoms. The highest BCUT2D eigenvalue weighted by Gasteiger charge is 2.00. The molecule has 0 saturated carbocycles. The van der Waals surface area contributed by atoms with Gasteiger partial charge in [-0.15, -0.1) is 0 Å². The number of carbonyl (C=O) groups is 1. The van der Waals surface area contributed by atoms with E-state index >= 15 is 0 Å². The van der Waals surface area contributed by atoms with E-state index in [2.05, 4.69) is 33.5 Å². The SMILES string of the molecule is CCNC(=NCCCCSC)NCCCCC(=O)OC. The van der Waals surface area contributed by atoms with E-state index in [-0.39, 0.29) is 5.97 Å². The number of carbonyl (C=O) groups excluding carboxylic acids is 1. The third-order valence-electron chi connectivity index (χ3n) is 2.70. The van der Waals surface area contributed by atoms with E-state index in [1.54, 1.807) is 0 Å². The van der Waals surface area contributed by atoms with Crippen LogP contribution in [-0.4, -0.2) is 50.7 Å². The van der Waals surface area contributed by atoms with Crippen molar-refractivity contribution in [3.8, 4) is 0 Å². The highest BCUT2D eigenvalue weighted by atomic mass is 32.2. The van der Waals surface area contributed by atoms with Crippen molar-refractivity contribution in [3.05, 3.63) is 0 Å². The first-order valence-corrected chi connectivity index (χ1v) is 8.71. The molecular weight excluding hydrogens is 274 g/mol. The number of guanidine groups is 1. The summed E-state index contributed by atoms with van der Waals surface area (Å²) in [5.41, 5.74) is 0. The Labute approximate surface area is 127 Å². The van der Waals surface area contributed by atoms with Gasteiger partial charge in [0, 0.05) is 26.1 Å². The fourth-order valence-corrected chi connectivity index (χ4v) is 2.09. The van der Waals surface area contributed by atoms with E-state index in [1.165, 1.54) is 19.3 Å². The van der Waals surface area contributed by atoms with Crippen LogP contribution in [-0.2, 0) is 9.53 Å². The zero-order chi connectivity index (χ0) is 15.1. The van der Waals surface area contributed by atoms with Gasteiger partial charge in [-0.25, -0.2) is 0 Å². The summed E-state index contributed by atoms with van der Waals surface area (Å²) in [6.45, 7) is 4.60. The predicted molar refractivity (Wildman–Crippen MR) is 87.5 cm³/mol. The van der Waals surface area contributed by atoms with Crippen molar-refractivity contribution < 1.29 is 9.53 Å². The van der Waals surface area contributed by atoms with E-state index < -0.39 is 0 Å². The normalized spacial score (nSPS) is 11.2. The number of methoxy groups -OCH3 is 1. The van der Waals surface area contributed by atoms with Crippen LogP contribution in [0.4, 0.5) is 0 Å². The van der Waals surface area contributed by atoms with Gasteiger partial charge in [-0.3, -0.25) is 9.79 Å². The average molecular weight is 303 g/mol. The van der Waals surface area contributed by atoms with Crippen molar-refractivity contribution in [2.45, 2.75) is 39.0 Å². The molecule has 0 aromatic rings. The number of hydrogen-bond acceptors (Lipinski definition) is 4. The number of aliphatic imine (C=N–C) groups is 1. The second-order valence-corrected chi connectivity index (χ2v) is 5.41. The Morgan fingerprint density at radius 3 is 2.65 bits per heavy atom. The maximum absolute atomic E-state index is 11.0. The Hall–Kier alpha value is -0.910. The van der Waals surface area contributed by atoms with E-state index in [0.29, 0.717) is 6.42 Å². The van der Waals surface area contributed by atoms with Crippen molar-refractivity contribution in [1.82, 2.24) is 10.6 Å². The van der Waals surface area contributed by atoms with E-state index in [0.717, 1.165) is 44.9 Å². The molecule has 0 aliphatic carbocycles. The minimum atomic E-state index is -0.139. The third kappa shape index (κ3) is 12.1. The predicted octanol–water partition coefficient (Wildman–Crippen LogP) is 2.03. The minimum Gasteiger partial charge on any atom is -0.469 e. The summed E-state index contributed by atoms with van der Waals surface area (Å²) in [5.74, 6) is 1.93. The van der Waals surface area contributed by atoms with Gasteiger partial charge in [-0.1, -0.05) is 0 Å². The van der Waals surface area contributed by atoms with Gasteiger partial charge < -0.3 is 15.4 Å². The molecule has 0 atom stereocenters. The highest BCUT2D eigenvalue weighted by Crippen LogP contribution is 1.99. The summed E-state index contributed by atoms with van der Waals surface area (Å²) < 4.78 is 4.60. The molecule has 0 aromatic carbocycles. The zero-order valence-electron chi connectivity index (χ0n) is 13.0. The van der Waals surface area contributed by atoms with Crippen molar-refractivity contribution in [1.29, 1.82) is 0 Å². The van der Waals surface area contributed by atoms with Crippen LogP contribution >= 0.6 is 11.8 Å². The largest absolute Gasteiger partial charge is 0.469 e. The van der Waals surface area contributed by atoms with Gasteiger partial charge in [-0.05, 0) is 44.6 Å². The first kappa shape index (κ1) is 19.1. The van der Waals surface area contributed by atoms with E-state index in [9.17, 15) is 4.79 Å². The van der Waals surface area contributed by atoms with E-state index in [4.69, 9.17) is 0 Å². The van der Waals surface area contributed by atoms with Crippen molar-refractivity contribution >= 4 is 23.7 Å². The zero-order valence-corrected chi connectivity index (χ0v) is 13.9. The quantitative estimate of drug-likeness (QED) is 0.265. The Morgan fingerprint density at radius 1 is 1.20 bits per heavy atom. The smallest absolute Gasteiger partial charge is 0.305 e. The molecule has 20 heavy (non-hydrogen) atoms. The lowest BCUT2D eigenvalue weighted by Crippen LogP contribution is -2.37. The van der Waals surface area contributed by atoms with Crippen LogP contribution in [0.25, 0.3) is 0 Å².